The van der Waals surface area contributed by atoms with Crippen LogP contribution in [0.1, 0.15) is 18.1 Å². The van der Waals surface area contributed by atoms with Crippen molar-refractivity contribution in [2.45, 2.75) is 19.4 Å². The van der Waals surface area contributed by atoms with Gasteiger partial charge in [0, 0.05) is 12.1 Å². The fraction of sp³-hybridized carbons (Fsp3) is 0.190. The first kappa shape index (κ1) is 21.0. The van der Waals surface area contributed by atoms with Gasteiger partial charge in [-0.15, -0.1) is 0 Å². The molecule has 1 unspecified atom stereocenters. The van der Waals surface area contributed by atoms with E-state index in [-0.39, 0.29) is 20.9 Å². The average Bonchev–Trinajstić information content (AvgIpc) is 2.97. The molecule has 150 valence electrons. The molecule has 0 aromatic heterocycles. The lowest BCUT2D eigenvalue weighted by atomic mass is 10.1. The van der Waals surface area contributed by atoms with Crippen LogP contribution >= 0.6 is 24.0 Å². The summed E-state index contributed by atoms with van der Waals surface area (Å²) in [5, 5.41) is 12.1. The third-order valence-electron chi connectivity index (χ3n) is 4.43. The normalized spacial score (nSPS) is 16.3. The van der Waals surface area contributed by atoms with Crippen LogP contribution in [0.4, 0.5) is 4.39 Å². The van der Waals surface area contributed by atoms with Crippen molar-refractivity contribution in [3.8, 4) is 5.75 Å². The summed E-state index contributed by atoms with van der Waals surface area (Å²) in [6.07, 6.45) is 2.04. The SMILES string of the molecule is CC(C(=O)NCCc1ccc(O)cc1)N1C(=O)C(=Cc2ccccc2F)SC1=S. The summed E-state index contributed by atoms with van der Waals surface area (Å²) >= 11 is 6.32. The molecule has 2 amide bonds. The Balaban J connectivity index is 1.62. The molecule has 2 aromatic rings. The maximum absolute atomic E-state index is 13.9. The van der Waals surface area contributed by atoms with E-state index in [1.165, 1.54) is 17.0 Å². The van der Waals surface area contributed by atoms with Gasteiger partial charge < -0.3 is 10.4 Å². The van der Waals surface area contributed by atoms with E-state index in [4.69, 9.17) is 12.2 Å². The van der Waals surface area contributed by atoms with E-state index in [1.54, 1.807) is 49.4 Å². The van der Waals surface area contributed by atoms with Crippen molar-refractivity contribution >= 4 is 46.2 Å². The minimum Gasteiger partial charge on any atom is -0.508 e. The second-order valence-corrected chi connectivity index (χ2v) is 8.13. The summed E-state index contributed by atoms with van der Waals surface area (Å²) in [5.41, 5.74) is 1.26. The summed E-state index contributed by atoms with van der Waals surface area (Å²) in [4.78, 5) is 26.8. The minimum atomic E-state index is -0.783. The molecule has 5 nitrogen and oxygen atoms in total. The molecule has 1 atom stereocenters. The van der Waals surface area contributed by atoms with Crippen LogP contribution in [0.15, 0.2) is 53.4 Å². The van der Waals surface area contributed by atoms with Crippen LogP contribution in [0, 0.1) is 5.82 Å². The summed E-state index contributed by atoms with van der Waals surface area (Å²) in [5.74, 6) is -0.987. The third kappa shape index (κ3) is 5.02. The van der Waals surface area contributed by atoms with Gasteiger partial charge in [0.25, 0.3) is 5.91 Å². The molecule has 0 aliphatic carbocycles. The zero-order valence-electron chi connectivity index (χ0n) is 15.6. The highest BCUT2D eigenvalue weighted by Gasteiger charge is 2.38. The number of hydrogen-bond acceptors (Lipinski definition) is 5. The number of amides is 2. The molecule has 1 aliphatic rings. The van der Waals surface area contributed by atoms with Crippen LogP contribution in [0.2, 0.25) is 0 Å². The Bertz CT molecular complexity index is 976. The third-order valence-corrected chi connectivity index (χ3v) is 5.76. The molecule has 29 heavy (non-hydrogen) atoms. The van der Waals surface area contributed by atoms with Gasteiger partial charge >= 0.3 is 0 Å². The van der Waals surface area contributed by atoms with Crippen molar-refractivity contribution in [2.24, 2.45) is 0 Å². The van der Waals surface area contributed by atoms with Crippen LogP contribution in [0.3, 0.4) is 0 Å². The number of nitrogens with one attached hydrogen (secondary N) is 1. The second kappa shape index (κ2) is 9.19. The molecular formula is C21H19FN2O3S2. The Morgan fingerprint density at radius 2 is 1.97 bits per heavy atom. The number of thiocarbonyl (C=S) groups is 1. The van der Waals surface area contributed by atoms with Crippen molar-refractivity contribution in [3.05, 3.63) is 70.4 Å². The number of carbonyl (C=O) groups excluding carboxylic acids is 2. The summed E-state index contributed by atoms with van der Waals surface area (Å²) in [6.45, 7) is 1.99. The van der Waals surface area contributed by atoms with E-state index >= 15 is 0 Å². The number of benzene rings is 2. The lowest BCUT2D eigenvalue weighted by molar-refractivity contribution is -0.132. The van der Waals surface area contributed by atoms with Gasteiger partial charge in [0.05, 0.1) is 4.91 Å². The topological polar surface area (TPSA) is 69.6 Å². The molecule has 0 saturated carbocycles. The van der Waals surface area contributed by atoms with Gasteiger partial charge in [-0.1, -0.05) is 54.3 Å². The lowest BCUT2D eigenvalue weighted by Gasteiger charge is -2.22. The van der Waals surface area contributed by atoms with Gasteiger partial charge in [-0.2, -0.15) is 0 Å². The van der Waals surface area contributed by atoms with Crippen molar-refractivity contribution in [2.75, 3.05) is 6.54 Å². The Labute approximate surface area is 177 Å². The highest BCUT2D eigenvalue weighted by atomic mass is 32.2. The standard InChI is InChI=1S/C21H19FN2O3S2/c1-13(19(26)23-11-10-14-6-8-16(25)9-7-14)24-20(27)18(29-21(24)28)12-15-4-2-3-5-17(15)22/h2-9,12-13,25H,10-11H2,1H3,(H,23,26). The largest absolute Gasteiger partial charge is 0.508 e. The number of phenols is 1. The molecule has 8 heteroatoms. The average molecular weight is 431 g/mol. The molecular weight excluding hydrogens is 411 g/mol. The molecule has 1 aliphatic heterocycles. The smallest absolute Gasteiger partial charge is 0.266 e. The van der Waals surface area contributed by atoms with Crippen molar-refractivity contribution < 1.29 is 19.1 Å². The van der Waals surface area contributed by atoms with E-state index in [0.29, 0.717) is 18.5 Å². The fourth-order valence-electron chi connectivity index (χ4n) is 2.80. The number of rotatable bonds is 6. The Morgan fingerprint density at radius 3 is 2.66 bits per heavy atom. The van der Waals surface area contributed by atoms with Gasteiger partial charge in [-0.3, -0.25) is 14.5 Å². The van der Waals surface area contributed by atoms with Gasteiger partial charge in [-0.05, 0) is 43.2 Å². The molecule has 2 aromatic carbocycles. The molecule has 3 rings (SSSR count). The zero-order valence-corrected chi connectivity index (χ0v) is 17.2. The molecule has 1 fully saturated rings. The highest BCUT2D eigenvalue weighted by molar-refractivity contribution is 8.26. The molecule has 0 spiro atoms. The maximum Gasteiger partial charge on any atom is 0.266 e. The molecule has 0 radical (unpaired) electrons. The summed E-state index contributed by atoms with van der Waals surface area (Å²) in [7, 11) is 0. The predicted molar refractivity (Wildman–Crippen MR) is 116 cm³/mol. The lowest BCUT2D eigenvalue weighted by Crippen LogP contribution is -2.47. The second-order valence-electron chi connectivity index (χ2n) is 6.46. The Morgan fingerprint density at radius 1 is 1.28 bits per heavy atom. The number of nitrogens with zero attached hydrogens (tertiary/aromatic N) is 1. The number of halogens is 1. The van der Waals surface area contributed by atoms with Crippen molar-refractivity contribution in [1.82, 2.24) is 10.2 Å². The molecule has 2 N–H and O–H groups in total. The predicted octanol–water partition coefficient (Wildman–Crippen LogP) is 3.48. The maximum atomic E-state index is 13.9. The number of carbonyl (C=O) groups is 2. The highest BCUT2D eigenvalue weighted by Crippen LogP contribution is 2.34. The van der Waals surface area contributed by atoms with Crippen molar-refractivity contribution in [3.63, 3.8) is 0 Å². The number of thioether (sulfide) groups is 1. The van der Waals surface area contributed by atoms with Crippen LogP contribution in [-0.4, -0.2) is 38.7 Å². The first-order valence-electron chi connectivity index (χ1n) is 8.94. The number of aromatic hydroxyl groups is 1. The first-order valence-corrected chi connectivity index (χ1v) is 10.2. The van der Waals surface area contributed by atoms with Crippen LogP contribution in [0.5, 0.6) is 5.75 Å². The van der Waals surface area contributed by atoms with Gasteiger partial charge in [0.15, 0.2) is 0 Å². The van der Waals surface area contributed by atoms with Crippen molar-refractivity contribution in [1.29, 1.82) is 0 Å². The van der Waals surface area contributed by atoms with Gasteiger partial charge in [0.2, 0.25) is 5.91 Å². The fourth-order valence-corrected chi connectivity index (χ4v) is 4.21. The van der Waals surface area contributed by atoms with Gasteiger partial charge in [0.1, 0.15) is 21.9 Å². The van der Waals surface area contributed by atoms with E-state index in [0.717, 1.165) is 17.3 Å². The van der Waals surface area contributed by atoms with E-state index in [2.05, 4.69) is 5.32 Å². The quantitative estimate of drug-likeness (QED) is 0.543. The first-order chi connectivity index (χ1) is 13.9. The zero-order chi connectivity index (χ0) is 21.0. The number of hydrogen-bond donors (Lipinski definition) is 2. The molecule has 0 bridgehead atoms. The van der Waals surface area contributed by atoms with E-state index in [9.17, 15) is 19.1 Å². The van der Waals surface area contributed by atoms with E-state index < -0.39 is 17.8 Å². The van der Waals surface area contributed by atoms with Crippen LogP contribution in [0.25, 0.3) is 6.08 Å². The minimum absolute atomic E-state index is 0.184. The Hall–Kier alpha value is -2.71. The molecule has 1 heterocycles. The number of phenolic OH excluding ortho intramolecular Hbond substituents is 1. The Kier molecular flexibility index (Phi) is 6.66. The monoisotopic (exact) mass is 430 g/mol. The van der Waals surface area contributed by atoms with Crippen LogP contribution < -0.4 is 5.32 Å². The van der Waals surface area contributed by atoms with Crippen LogP contribution in [-0.2, 0) is 16.0 Å². The van der Waals surface area contributed by atoms with Gasteiger partial charge in [-0.25, -0.2) is 4.39 Å². The summed E-state index contributed by atoms with van der Waals surface area (Å²) < 4.78 is 14.1. The summed E-state index contributed by atoms with van der Waals surface area (Å²) in [6, 6.07) is 12.1. The van der Waals surface area contributed by atoms with E-state index in [1.807, 2.05) is 0 Å². The molecule has 1 saturated heterocycles.